The SMILES string of the molecule is CN=C(NCCCC1CCCCC1)NCc1cccc(C(=O)NC)c1. The Morgan fingerprint density at radius 3 is 2.72 bits per heavy atom. The normalized spacial score (nSPS) is 15.7. The minimum absolute atomic E-state index is 0.0629. The minimum atomic E-state index is -0.0629. The lowest BCUT2D eigenvalue weighted by Crippen LogP contribution is -2.37. The van der Waals surface area contributed by atoms with Crippen LogP contribution in [0.1, 0.15) is 60.9 Å². The molecule has 1 aromatic rings. The molecule has 0 saturated heterocycles. The van der Waals surface area contributed by atoms with E-state index in [1.165, 1.54) is 44.9 Å². The van der Waals surface area contributed by atoms with Crippen LogP contribution in [0.3, 0.4) is 0 Å². The molecule has 1 amide bonds. The second-order valence-electron chi connectivity index (χ2n) is 6.78. The Morgan fingerprint density at radius 2 is 2.00 bits per heavy atom. The van der Waals surface area contributed by atoms with Crippen molar-refractivity contribution in [3.63, 3.8) is 0 Å². The van der Waals surface area contributed by atoms with Gasteiger partial charge in [0.15, 0.2) is 5.96 Å². The van der Waals surface area contributed by atoms with Crippen molar-refractivity contribution in [3.8, 4) is 0 Å². The number of hydrogen-bond acceptors (Lipinski definition) is 2. The van der Waals surface area contributed by atoms with Crippen molar-refractivity contribution < 1.29 is 4.79 Å². The topological polar surface area (TPSA) is 65.5 Å². The Morgan fingerprint density at radius 1 is 1.20 bits per heavy atom. The van der Waals surface area contributed by atoms with Crippen molar-refractivity contribution in [3.05, 3.63) is 35.4 Å². The molecule has 0 radical (unpaired) electrons. The van der Waals surface area contributed by atoms with Gasteiger partial charge in [0, 0.05) is 32.7 Å². The highest BCUT2D eigenvalue weighted by atomic mass is 16.1. The number of benzene rings is 1. The van der Waals surface area contributed by atoms with Crippen LogP contribution in [0.2, 0.25) is 0 Å². The minimum Gasteiger partial charge on any atom is -0.356 e. The van der Waals surface area contributed by atoms with Crippen LogP contribution in [0, 0.1) is 5.92 Å². The summed E-state index contributed by atoms with van der Waals surface area (Å²) in [5.41, 5.74) is 1.74. The molecule has 1 aliphatic carbocycles. The summed E-state index contributed by atoms with van der Waals surface area (Å²) >= 11 is 0. The monoisotopic (exact) mass is 344 g/mol. The number of aliphatic imine (C=N–C) groups is 1. The van der Waals surface area contributed by atoms with Gasteiger partial charge < -0.3 is 16.0 Å². The summed E-state index contributed by atoms with van der Waals surface area (Å²) in [4.78, 5) is 16.0. The molecule has 1 fully saturated rings. The average molecular weight is 345 g/mol. The first-order valence-corrected chi connectivity index (χ1v) is 9.48. The van der Waals surface area contributed by atoms with Crippen molar-refractivity contribution in [1.82, 2.24) is 16.0 Å². The van der Waals surface area contributed by atoms with Crippen LogP contribution in [0.4, 0.5) is 0 Å². The van der Waals surface area contributed by atoms with E-state index >= 15 is 0 Å². The average Bonchev–Trinajstić information content (AvgIpc) is 2.67. The van der Waals surface area contributed by atoms with Crippen LogP contribution < -0.4 is 16.0 Å². The molecule has 0 unspecified atom stereocenters. The van der Waals surface area contributed by atoms with Gasteiger partial charge in [-0.15, -0.1) is 0 Å². The molecular formula is C20H32N4O. The quantitative estimate of drug-likeness (QED) is 0.405. The molecule has 2 rings (SSSR count). The fraction of sp³-hybridized carbons (Fsp3) is 0.600. The van der Waals surface area contributed by atoms with Crippen LogP contribution in [-0.2, 0) is 6.54 Å². The smallest absolute Gasteiger partial charge is 0.251 e. The van der Waals surface area contributed by atoms with E-state index < -0.39 is 0 Å². The van der Waals surface area contributed by atoms with E-state index in [0.717, 1.165) is 24.0 Å². The maximum absolute atomic E-state index is 11.7. The zero-order valence-corrected chi connectivity index (χ0v) is 15.6. The predicted octanol–water partition coefficient (Wildman–Crippen LogP) is 3.07. The van der Waals surface area contributed by atoms with Crippen LogP contribution >= 0.6 is 0 Å². The van der Waals surface area contributed by atoms with Gasteiger partial charge in [-0.1, -0.05) is 44.2 Å². The number of carbonyl (C=O) groups excluding carboxylic acids is 1. The summed E-state index contributed by atoms with van der Waals surface area (Å²) in [5, 5.41) is 9.35. The summed E-state index contributed by atoms with van der Waals surface area (Å²) < 4.78 is 0. The Hall–Kier alpha value is -2.04. The fourth-order valence-corrected chi connectivity index (χ4v) is 3.45. The Kier molecular flexibility index (Phi) is 8.29. The lowest BCUT2D eigenvalue weighted by molar-refractivity contribution is 0.0963. The molecule has 5 nitrogen and oxygen atoms in total. The number of guanidine groups is 1. The van der Waals surface area contributed by atoms with E-state index in [2.05, 4.69) is 20.9 Å². The van der Waals surface area contributed by atoms with Crippen molar-refractivity contribution >= 4 is 11.9 Å². The molecule has 1 saturated carbocycles. The highest BCUT2D eigenvalue weighted by molar-refractivity contribution is 5.94. The maximum Gasteiger partial charge on any atom is 0.251 e. The Bertz CT molecular complexity index is 565. The second-order valence-corrected chi connectivity index (χ2v) is 6.78. The van der Waals surface area contributed by atoms with Gasteiger partial charge in [-0.3, -0.25) is 9.79 Å². The van der Waals surface area contributed by atoms with Gasteiger partial charge in [-0.25, -0.2) is 0 Å². The molecule has 138 valence electrons. The third-order valence-corrected chi connectivity index (χ3v) is 4.91. The van der Waals surface area contributed by atoms with E-state index in [9.17, 15) is 4.79 Å². The van der Waals surface area contributed by atoms with Crippen molar-refractivity contribution in [2.24, 2.45) is 10.9 Å². The molecule has 5 heteroatoms. The highest BCUT2D eigenvalue weighted by Crippen LogP contribution is 2.26. The molecule has 3 N–H and O–H groups in total. The molecule has 0 aromatic heterocycles. The fourth-order valence-electron chi connectivity index (χ4n) is 3.45. The predicted molar refractivity (Wildman–Crippen MR) is 104 cm³/mol. The standard InChI is InChI=1S/C20H32N4O/c1-21-19(25)18-12-6-10-17(14-18)15-24-20(22-2)23-13-7-11-16-8-4-3-5-9-16/h6,10,12,14,16H,3-5,7-9,11,13,15H2,1-2H3,(H,21,25)(H2,22,23,24). The van der Waals surface area contributed by atoms with Crippen molar-refractivity contribution in [2.45, 2.75) is 51.5 Å². The van der Waals surface area contributed by atoms with Crippen LogP contribution in [0.25, 0.3) is 0 Å². The molecule has 0 spiro atoms. The van der Waals surface area contributed by atoms with Crippen molar-refractivity contribution in [1.29, 1.82) is 0 Å². The van der Waals surface area contributed by atoms with Gasteiger partial charge in [0.1, 0.15) is 0 Å². The number of hydrogen-bond donors (Lipinski definition) is 3. The van der Waals surface area contributed by atoms with Gasteiger partial charge in [0.25, 0.3) is 5.91 Å². The number of nitrogens with one attached hydrogen (secondary N) is 3. The molecule has 0 bridgehead atoms. The molecule has 1 aliphatic rings. The van der Waals surface area contributed by atoms with Crippen LogP contribution in [0.5, 0.6) is 0 Å². The maximum atomic E-state index is 11.7. The second kappa shape index (κ2) is 10.7. The first-order chi connectivity index (χ1) is 12.2. The Labute approximate surface area is 151 Å². The first kappa shape index (κ1) is 19.3. The van der Waals surface area contributed by atoms with Gasteiger partial charge in [0.05, 0.1) is 0 Å². The van der Waals surface area contributed by atoms with E-state index in [4.69, 9.17) is 0 Å². The third-order valence-electron chi connectivity index (χ3n) is 4.91. The van der Waals surface area contributed by atoms with Gasteiger partial charge in [-0.05, 0) is 36.5 Å². The number of amides is 1. The molecule has 0 aliphatic heterocycles. The van der Waals surface area contributed by atoms with E-state index in [1.807, 2.05) is 24.3 Å². The summed E-state index contributed by atoms with van der Waals surface area (Å²) in [5.74, 6) is 1.68. The summed E-state index contributed by atoms with van der Waals surface area (Å²) in [6, 6.07) is 7.64. The summed E-state index contributed by atoms with van der Waals surface area (Å²) in [7, 11) is 3.43. The third kappa shape index (κ3) is 6.77. The largest absolute Gasteiger partial charge is 0.356 e. The number of rotatable bonds is 7. The molecule has 1 aromatic carbocycles. The van der Waals surface area contributed by atoms with E-state index in [1.54, 1.807) is 14.1 Å². The van der Waals surface area contributed by atoms with Crippen LogP contribution in [0.15, 0.2) is 29.3 Å². The van der Waals surface area contributed by atoms with E-state index in [-0.39, 0.29) is 5.91 Å². The lowest BCUT2D eigenvalue weighted by atomic mass is 9.86. The summed E-state index contributed by atoms with van der Waals surface area (Å²) in [6.07, 6.45) is 9.58. The van der Waals surface area contributed by atoms with Crippen molar-refractivity contribution in [2.75, 3.05) is 20.6 Å². The van der Waals surface area contributed by atoms with Gasteiger partial charge >= 0.3 is 0 Å². The van der Waals surface area contributed by atoms with E-state index in [0.29, 0.717) is 12.1 Å². The lowest BCUT2D eigenvalue weighted by Gasteiger charge is -2.21. The zero-order valence-electron chi connectivity index (χ0n) is 15.6. The molecule has 0 atom stereocenters. The Balaban J connectivity index is 1.70. The molecular weight excluding hydrogens is 312 g/mol. The zero-order chi connectivity index (χ0) is 17.9. The van der Waals surface area contributed by atoms with Crippen LogP contribution in [-0.4, -0.2) is 32.5 Å². The number of nitrogens with zero attached hydrogens (tertiary/aromatic N) is 1. The summed E-state index contributed by atoms with van der Waals surface area (Å²) in [6.45, 7) is 1.60. The first-order valence-electron chi connectivity index (χ1n) is 9.48. The highest BCUT2D eigenvalue weighted by Gasteiger charge is 2.12. The van der Waals surface area contributed by atoms with Gasteiger partial charge in [-0.2, -0.15) is 0 Å². The van der Waals surface area contributed by atoms with Gasteiger partial charge in [0.2, 0.25) is 0 Å². The number of carbonyl (C=O) groups is 1. The molecule has 25 heavy (non-hydrogen) atoms. The molecule has 0 heterocycles.